The van der Waals surface area contributed by atoms with Crippen LogP contribution in [0.4, 0.5) is 0 Å². The summed E-state index contributed by atoms with van der Waals surface area (Å²) < 4.78 is 0. The largest absolute Gasteiger partial charge is 0.303 e. The molecule has 0 unspecified atom stereocenters. The Labute approximate surface area is 72.7 Å². The van der Waals surface area contributed by atoms with E-state index in [1.165, 1.54) is 0 Å². The number of allylic oxidation sites excluding steroid dienone is 1. The van der Waals surface area contributed by atoms with Crippen LogP contribution in [-0.2, 0) is 9.59 Å². The molecule has 0 radical (unpaired) electrons. The minimum atomic E-state index is 0.0164. The molecule has 3 atom stereocenters. The summed E-state index contributed by atoms with van der Waals surface area (Å²) >= 11 is 0. The van der Waals surface area contributed by atoms with Crippen molar-refractivity contribution in [1.82, 2.24) is 0 Å². The third-order valence-electron chi connectivity index (χ3n) is 2.84. The van der Waals surface area contributed by atoms with Gasteiger partial charge < -0.3 is 4.79 Å². The van der Waals surface area contributed by atoms with Crippen molar-refractivity contribution >= 4 is 12.6 Å². The van der Waals surface area contributed by atoms with E-state index in [0.717, 1.165) is 25.4 Å². The summed E-state index contributed by atoms with van der Waals surface area (Å²) in [5, 5.41) is 0. The number of hydrogen-bond acceptors (Lipinski definition) is 2. The molecule has 0 saturated heterocycles. The minimum absolute atomic E-state index is 0.0164. The standard InChI is InChI=1S/C10H14O2/c1-7-3-4-9(8(2)5-11)10(7)6-12/h5-7,9-10H,2-4H2,1H3/t7-,9+,10-/m0/s1. The average molecular weight is 166 g/mol. The number of hydrogen-bond donors (Lipinski definition) is 0. The first-order chi connectivity index (χ1) is 5.70. The van der Waals surface area contributed by atoms with E-state index in [-0.39, 0.29) is 11.8 Å². The predicted octanol–water partition coefficient (Wildman–Crippen LogP) is 1.60. The third-order valence-corrected chi connectivity index (χ3v) is 2.84. The van der Waals surface area contributed by atoms with Gasteiger partial charge in [-0.15, -0.1) is 0 Å². The lowest BCUT2D eigenvalue weighted by molar-refractivity contribution is -0.112. The smallest absolute Gasteiger partial charge is 0.145 e. The lowest BCUT2D eigenvalue weighted by Gasteiger charge is -2.15. The number of rotatable bonds is 3. The zero-order valence-electron chi connectivity index (χ0n) is 7.32. The molecule has 0 aromatic rings. The molecule has 1 saturated carbocycles. The van der Waals surface area contributed by atoms with Gasteiger partial charge in [0.05, 0.1) is 0 Å². The molecule has 0 aromatic heterocycles. The molecule has 2 heteroatoms. The van der Waals surface area contributed by atoms with Crippen LogP contribution in [0.25, 0.3) is 0 Å². The zero-order valence-corrected chi connectivity index (χ0v) is 7.32. The molecular formula is C10H14O2. The van der Waals surface area contributed by atoms with Gasteiger partial charge >= 0.3 is 0 Å². The molecule has 1 fully saturated rings. The third kappa shape index (κ3) is 1.47. The van der Waals surface area contributed by atoms with Crippen LogP contribution in [-0.4, -0.2) is 12.6 Å². The van der Waals surface area contributed by atoms with Crippen molar-refractivity contribution in [2.45, 2.75) is 19.8 Å². The fourth-order valence-electron chi connectivity index (χ4n) is 1.97. The molecule has 1 aliphatic carbocycles. The normalized spacial score (nSPS) is 34.6. The number of carbonyl (C=O) groups excluding carboxylic acids is 2. The molecule has 0 amide bonds. The second kappa shape index (κ2) is 3.65. The molecule has 0 N–H and O–H groups in total. The van der Waals surface area contributed by atoms with Crippen LogP contribution in [0.15, 0.2) is 12.2 Å². The van der Waals surface area contributed by atoms with Crippen LogP contribution in [0, 0.1) is 17.8 Å². The molecule has 0 spiro atoms. The Bertz CT molecular complexity index is 208. The Kier molecular flexibility index (Phi) is 2.79. The summed E-state index contributed by atoms with van der Waals surface area (Å²) in [7, 11) is 0. The first-order valence-electron chi connectivity index (χ1n) is 4.30. The van der Waals surface area contributed by atoms with Gasteiger partial charge in [0.15, 0.2) is 0 Å². The molecule has 0 aliphatic heterocycles. The van der Waals surface area contributed by atoms with Gasteiger partial charge in [-0.2, -0.15) is 0 Å². The quantitative estimate of drug-likeness (QED) is 0.471. The van der Waals surface area contributed by atoms with E-state index in [0.29, 0.717) is 11.5 Å². The van der Waals surface area contributed by atoms with Crippen molar-refractivity contribution in [3.63, 3.8) is 0 Å². The van der Waals surface area contributed by atoms with Gasteiger partial charge in [-0.3, -0.25) is 4.79 Å². The highest BCUT2D eigenvalue weighted by molar-refractivity contribution is 5.74. The van der Waals surface area contributed by atoms with Crippen molar-refractivity contribution in [3.8, 4) is 0 Å². The molecule has 66 valence electrons. The van der Waals surface area contributed by atoms with Crippen LogP contribution in [0.3, 0.4) is 0 Å². The highest BCUT2D eigenvalue weighted by Crippen LogP contribution is 2.38. The molecule has 2 nitrogen and oxygen atoms in total. The van der Waals surface area contributed by atoms with Crippen molar-refractivity contribution in [1.29, 1.82) is 0 Å². The Hall–Kier alpha value is -0.920. The predicted molar refractivity (Wildman–Crippen MR) is 46.6 cm³/mol. The van der Waals surface area contributed by atoms with E-state index < -0.39 is 0 Å². The average Bonchev–Trinajstić information content (AvgIpc) is 2.45. The minimum Gasteiger partial charge on any atom is -0.303 e. The van der Waals surface area contributed by atoms with Gasteiger partial charge in [-0.25, -0.2) is 0 Å². The van der Waals surface area contributed by atoms with Gasteiger partial charge in [-0.05, 0) is 30.3 Å². The maximum absolute atomic E-state index is 10.7. The maximum atomic E-state index is 10.7. The van der Waals surface area contributed by atoms with Gasteiger partial charge in [0.2, 0.25) is 0 Å². The maximum Gasteiger partial charge on any atom is 0.145 e. The van der Waals surface area contributed by atoms with E-state index in [1.807, 2.05) is 0 Å². The van der Waals surface area contributed by atoms with Crippen LogP contribution < -0.4 is 0 Å². The zero-order chi connectivity index (χ0) is 9.14. The summed E-state index contributed by atoms with van der Waals surface area (Å²) in [5.41, 5.74) is 0.580. The van der Waals surface area contributed by atoms with E-state index in [9.17, 15) is 9.59 Å². The number of aldehydes is 2. The molecule has 0 heterocycles. The van der Waals surface area contributed by atoms with E-state index in [2.05, 4.69) is 13.5 Å². The Morgan fingerprint density at radius 1 is 1.42 bits per heavy atom. The molecule has 1 rings (SSSR count). The summed E-state index contributed by atoms with van der Waals surface area (Å²) in [6.45, 7) is 5.71. The van der Waals surface area contributed by atoms with Crippen molar-refractivity contribution in [2.75, 3.05) is 0 Å². The molecule has 0 aromatic carbocycles. The Morgan fingerprint density at radius 2 is 2.08 bits per heavy atom. The fraction of sp³-hybridized carbons (Fsp3) is 0.600. The summed E-state index contributed by atoms with van der Waals surface area (Å²) in [5.74, 6) is 0.530. The second-order valence-electron chi connectivity index (χ2n) is 3.57. The lowest BCUT2D eigenvalue weighted by atomic mass is 9.87. The van der Waals surface area contributed by atoms with E-state index in [1.54, 1.807) is 0 Å². The molecule has 1 aliphatic rings. The number of carbonyl (C=O) groups is 2. The highest BCUT2D eigenvalue weighted by atomic mass is 16.1. The molecular weight excluding hydrogens is 152 g/mol. The van der Waals surface area contributed by atoms with Gasteiger partial charge in [0.25, 0.3) is 0 Å². The van der Waals surface area contributed by atoms with E-state index >= 15 is 0 Å². The van der Waals surface area contributed by atoms with Crippen molar-refractivity contribution in [3.05, 3.63) is 12.2 Å². The molecule has 12 heavy (non-hydrogen) atoms. The van der Waals surface area contributed by atoms with Crippen molar-refractivity contribution < 1.29 is 9.59 Å². The topological polar surface area (TPSA) is 34.1 Å². The lowest BCUT2D eigenvalue weighted by Crippen LogP contribution is -2.16. The first kappa shape index (κ1) is 9.17. The van der Waals surface area contributed by atoms with Crippen LogP contribution >= 0.6 is 0 Å². The van der Waals surface area contributed by atoms with Gasteiger partial charge in [0, 0.05) is 5.92 Å². The first-order valence-corrected chi connectivity index (χ1v) is 4.30. The summed E-state index contributed by atoms with van der Waals surface area (Å²) in [6.07, 6.45) is 3.71. The second-order valence-corrected chi connectivity index (χ2v) is 3.57. The van der Waals surface area contributed by atoms with Crippen LogP contribution in [0.1, 0.15) is 19.8 Å². The van der Waals surface area contributed by atoms with Gasteiger partial charge in [-0.1, -0.05) is 13.5 Å². The monoisotopic (exact) mass is 166 g/mol. The van der Waals surface area contributed by atoms with Crippen LogP contribution in [0.2, 0.25) is 0 Å². The molecule has 0 bridgehead atoms. The Morgan fingerprint density at radius 3 is 2.58 bits per heavy atom. The summed E-state index contributed by atoms with van der Waals surface area (Å²) in [4.78, 5) is 21.1. The Balaban J connectivity index is 2.72. The van der Waals surface area contributed by atoms with Crippen LogP contribution in [0.5, 0.6) is 0 Å². The highest BCUT2D eigenvalue weighted by Gasteiger charge is 2.34. The fourth-order valence-corrected chi connectivity index (χ4v) is 1.97. The van der Waals surface area contributed by atoms with E-state index in [4.69, 9.17) is 0 Å². The van der Waals surface area contributed by atoms with Crippen molar-refractivity contribution in [2.24, 2.45) is 17.8 Å². The SMILES string of the molecule is C=C(C=O)[C@H]1CC[C@H](C)[C@@H]1C=O. The van der Waals surface area contributed by atoms with Gasteiger partial charge in [0.1, 0.15) is 12.6 Å². The summed E-state index contributed by atoms with van der Waals surface area (Å²) in [6, 6.07) is 0.